The van der Waals surface area contributed by atoms with Crippen LogP contribution in [0.15, 0.2) is 24.4 Å². The van der Waals surface area contributed by atoms with Crippen LogP contribution in [0, 0.1) is 0 Å². The Kier molecular flexibility index (Phi) is 6.00. The molecule has 26 heavy (non-hydrogen) atoms. The number of hydrogen-bond acceptors (Lipinski definition) is 6. The predicted molar refractivity (Wildman–Crippen MR) is 97.5 cm³/mol. The highest BCUT2D eigenvalue weighted by atomic mass is 16.7. The summed E-state index contributed by atoms with van der Waals surface area (Å²) in [7, 11) is 1.66. The molecule has 0 saturated carbocycles. The third kappa shape index (κ3) is 4.28. The number of piperidine rings is 1. The molecular weight excluding hydrogens is 336 g/mol. The highest BCUT2D eigenvalue weighted by Crippen LogP contribution is 2.24. The fraction of sp³-hybridized carbons (Fsp3) is 0.526. The molecule has 0 unspecified atom stereocenters. The van der Waals surface area contributed by atoms with Crippen molar-refractivity contribution in [3.05, 3.63) is 30.0 Å². The maximum atomic E-state index is 11.5. The van der Waals surface area contributed by atoms with E-state index in [1.54, 1.807) is 14.0 Å². The van der Waals surface area contributed by atoms with Gasteiger partial charge in [-0.2, -0.15) is 0 Å². The average molecular weight is 362 g/mol. The van der Waals surface area contributed by atoms with Crippen molar-refractivity contribution in [2.24, 2.45) is 0 Å². The van der Waals surface area contributed by atoms with E-state index in [2.05, 4.69) is 9.88 Å². The van der Waals surface area contributed by atoms with Gasteiger partial charge in [0.1, 0.15) is 11.9 Å². The first-order valence-electron chi connectivity index (χ1n) is 8.98. The van der Waals surface area contributed by atoms with E-state index < -0.39 is 18.4 Å². The van der Waals surface area contributed by atoms with Crippen LogP contribution >= 0.6 is 0 Å². The van der Waals surface area contributed by atoms with Gasteiger partial charge >= 0.3 is 6.16 Å². The first kappa shape index (κ1) is 18.5. The molecule has 0 spiro atoms. The topological polar surface area (TPSA) is 84.0 Å². The monoisotopic (exact) mass is 362 g/mol. The molecule has 2 aromatic rings. The van der Waals surface area contributed by atoms with Gasteiger partial charge < -0.3 is 24.3 Å². The Morgan fingerprint density at radius 2 is 2.27 bits per heavy atom. The molecule has 2 atom stereocenters. The Morgan fingerprint density at radius 1 is 1.42 bits per heavy atom. The molecule has 0 radical (unpaired) electrons. The van der Waals surface area contributed by atoms with Crippen LogP contribution in [0.1, 0.15) is 18.9 Å². The molecule has 1 aromatic carbocycles. The van der Waals surface area contributed by atoms with Crippen LogP contribution in [-0.4, -0.2) is 66.7 Å². The Labute approximate surface area is 152 Å². The number of hydrogen-bond donors (Lipinski definition) is 2. The molecule has 0 bridgehead atoms. The van der Waals surface area contributed by atoms with Crippen molar-refractivity contribution >= 4 is 17.1 Å². The van der Waals surface area contributed by atoms with Gasteiger partial charge in [0.2, 0.25) is 0 Å². The summed E-state index contributed by atoms with van der Waals surface area (Å²) in [4.78, 5) is 17.0. The summed E-state index contributed by atoms with van der Waals surface area (Å²) >= 11 is 0. The van der Waals surface area contributed by atoms with Gasteiger partial charge in [0.05, 0.1) is 19.8 Å². The number of aliphatic hydroxyl groups is 1. The second kappa shape index (κ2) is 8.42. The van der Waals surface area contributed by atoms with Crippen molar-refractivity contribution < 1.29 is 24.1 Å². The molecule has 2 heterocycles. The lowest BCUT2D eigenvalue weighted by Crippen LogP contribution is -2.49. The van der Waals surface area contributed by atoms with Crippen LogP contribution in [-0.2, 0) is 15.9 Å². The number of rotatable bonds is 6. The first-order chi connectivity index (χ1) is 12.6. The molecule has 0 aliphatic carbocycles. The van der Waals surface area contributed by atoms with Crippen molar-refractivity contribution in [2.75, 3.05) is 33.4 Å². The van der Waals surface area contributed by atoms with E-state index >= 15 is 0 Å². The maximum Gasteiger partial charge on any atom is 0.508 e. The molecule has 2 N–H and O–H groups in total. The number of nitrogens with zero attached hydrogens (tertiary/aromatic N) is 1. The van der Waals surface area contributed by atoms with Crippen LogP contribution in [0.2, 0.25) is 0 Å². The lowest BCUT2D eigenvalue weighted by Gasteiger charge is -2.35. The third-order valence-corrected chi connectivity index (χ3v) is 4.79. The number of nitrogens with one attached hydrogen (secondary N) is 1. The third-order valence-electron chi connectivity index (χ3n) is 4.79. The van der Waals surface area contributed by atoms with Crippen molar-refractivity contribution in [1.82, 2.24) is 9.88 Å². The lowest BCUT2D eigenvalue weighted by molar-refractivity contribution is -0.0670. The number of aliphatic hydroxyl groups excluding tert-OH is 1. The van der Waals surface area contributed by atoms with Gasteiger partial charge in [-0.05, 0) is 43.5 Å². The molecule has 1 fully saturated rings. The van der Waals surface area contributed by atoms with E-state index in [1.165, 1.54) is 5.56 Å². The van der Waals surface area contributed by atoms with E-state index in [0.29, 0.717) is 13.0 Å². The van der Waals surface area contributed by atoms with Crippen LogP contribution < -0.4 is 4.74 Å². The molecule has 3 rings (SSSR count). The predicted octanol–water partition coefficient (Wildman–Crippen LogP) is 2.33. The van der Waals surface area contributed by atoms with E-state index in [4.69, 9.17) is 14.2 Å². The summed E-state index contributed by atoms with van der Waals surface area (Å²) in [5.41, 5.74) is 2.30. The van der Waals surface area contributed by atoms with Gasteiger partial charge in [-0.1, -0.05) is 0 Å². The zero-order valence-corrected chi connectivity index (χ0v) is 15.2. The molecule has 1 aromatic heterocycles. The standard InChI is InChI=1S/C19H26N2O5/c1-3-25-19(23)26-18-12-21(9-7-17(18)22)8-6-13-11-20-16-5-4-14(24-2)10-15(13)16/h4-5,10-11,17-18,20,22H,3,6-9,12H2,1-2H3/t17-,18-/m0/s1. The van der Waals surface area contributed by atoms with Gasteiger partial charge in [0.15, 0.2) is 0 Å². The summed E-state index contributed by atoms with van der Waals surface area (Å²) in [5.74, 6) is 0.836. The summed E-state index contributed by atoms with van der Waals surface area (Å²) in [6, 6.07) is 5.98. The number of aromatic nitrogens is 1. The highest BCUT2D eigenvalue weighted by molar-refractivity contribution is 5.84. The van der Waals surface area contributed by atoms with Crippen LogP contribution in [0.4, 0.5) is 4.79 Å². The van der Waals surface area contributed by atoms with Crippen LogP contribution in [0.25, 0.3) is 10.9 Å². The molecule has 0 amide bonds. The van der Waals surface area contributed by atoms with Gasteiger partial charge in [0, 0.05) is 36.7 Å². The van der Waals surface area contributed by atoms with E-state index in [9.17, 15) is 9.90 Å². The molecular formula is C19H26N2O5. The van der Waals surface area contributed by atoms with Crippen LogP contribution in [0.5, 0.6) is 5.75 Å². The Hall–Kier alpha value is -2.25. The number of likely N-dealkylation sites (tertiary alicyclic amines) is 1. The number of benzene rings is 1. The number of aromatic amines is 1. The Balaban J connectivity index is 1.60. The van der Waals surface area contributed by atoms with Crippen LogP contribution in [0.3, 0.4) is 0 Å². The fourth-order valence-corrected chi connectivity index (χ4v) is 3.33. The molecule has 1 saturated heterocycles. The summed E-state index contributed by atoms with van der Waals surface area (Å²) in [6.07, 6.45) is 1.54. The molecule has 7 nitrogen and oxygen atoms in total. The Morgan fingerprint density at radius 3 is 3.04 bits per heavy atom. The SMILES string of the molecule is CCOC(=O)O[C@H]1CN(CCc2c[nH]c3ccc(OC)cc23)CC[C@@H]1O. The fourth-order valence-electron chi connectivity index (χ4n) is 3.33. The normalized spacial score (nSPS) is 20.9. The largest absolute Gasteiger partial charge is 0.508 e. The van der Waals surface area contributed by atoms with Gasteiger partial charge in [0.25, 0.3) is 0 Å². The first-order valence-corrected chi connectivity index (χ1v) is 8.98. The number of methoxy groups -OCH3 is 1. The average Bonchev–Trinajstić information content (AvgIpc) is 3.04. The second-order valence-electron chi connectivity index (χ2n) is 6.47. The number of carbonyl (C=O) groups is 1. The second-order valence-corrected chi connectivity index (χ2v) is 6.47. The minimum atomic E-state index is -0.720. The van der Waals surface area contributed by atoms with Gasteiger partial charge in [-0.15, -0.1) is 0 Å². The number of fused-ring (bicyclic) bond motifs is 1. The number of ether oxygens (including phenoxy) is 3. The zero-order valence-electron chi connectivity index (χ0n) is 15.2. The minimum Gasteiger partial charge on any atom is -0.497 e. The highest BCUT2D eigenvalue weighted by Gasteiger charge is 2.31. The molecule has 1 aliphatic heterocycles. The molecule has 7 heteroatoms. The number of carbonyl (C=O) groups excluding carboxylic acids is 1. The van der Waals surface area contributed by atoms with E-state index in [-0.39, 0.29) is 6.61 Å². The van der Waals surface area contributed by atoms with E-state index in [1.807, 2.05) is 24.4 Å². The minimum absolute atomic E-state index is 0.259. The lowest BCUT2D eigenvalue weighted by atomic mass is 10.0. The summed E-state index contributed by atoms with van der Waals surface area (Å²) in [5, 5.41) is 11.2. The van der Waals surface area contributed by atoms with Gasteiger partial charge in [-0.3, -0.25) is 4.90 Å². The zero-order chi connectivity index (χ0) is 18.5. The van der Waals surface area contributed by atoms with Gasteiger partial charge in [-0.25, -0.2) is 4.79 Å². The summed E-state index contributed by atoms with van der Waals surface area (Å²) < 4.78 is 15.4. The van der Waals surface area contributed by atoms with Crippen molar-refractivity contribution in [3.8, 4) is 5.75 Å². The Bertz CT molecular complexity index is 745. The maximum absolute atomic E-state index is 11.5. The van der Waals surface area contributed by atoms with Crippen molar-refractivity contribution in [1.29, 1.82) is 0 Å². The molecule has 142 valence electrons. The summed E-state index contributed by atoms with van der Waals surface area (Å²) in [6.45, 7) is 4.08. The quantitative estimate of drug-likeness (QED) is 0.768. The van der Waals surface area contributed by atoms with Crippen molar-refractivity contribution in [2.45, 2.75) is 32.0 Å². The van der Waals surface area contributed by atoms with Crippen molar-refractivity contribution in [3.63, 3.8) is 0 Å². The number of H-pyrrole nitrogens is 1. The van der Waals surface area contributed by atoms with E-state index in [0.717, 1.165) is 36.2 Å². The smallest absolute Gasteiger partial charge is 0.497 e. The molecule has 1 aliphatic rings.